The lowest BCUT2D eigenvalue weighted by Crippen LogP contribution is -2.22. The minimum Gasteiger partial charge on any atom is -0.465 e. The molecule has 0 aliphatic heterocycles. The molecule has 132 valence electrons. The number of carbonyl (C=O) groups excluding carboxylic acids is 1. The van der Waals surface area contributed by atoms with Crippen molar-refractivity contribution < 1.29 is 18.2 Å². The number of nitrogens with one attached hydrogen (secondary N) is 1. The largest absolute Gasteiger partial charge is 0.465 e. The van der Waals surface area contributed by atoms with Crippen molar-refractivity contribution in [2.45, 2.75) is 27.3 Å². The summed E-state index contributed by atoms with van der Waals surface area (Å²) >= 11 is 0. The van der Waals surface area contributed by atoms with Crippen molar-refractivity contribution >= 4 is 16.9 Å². The summed E-state index contributed by atoms with van der Waals surface area (Å²) in [6.07, 6.45) is 0. The maximum Gasteiger partial charge on any atom is 0.316 e. The zero-order valence-corrected chi connectivity index (χ0v) is 14.6. The van der Waals surface area contributed by atoms with Crippen molar-refractivity contribution in [2.75, 3.05) is 0 Å². The topological polar surface area (TPSA) is 94.3 Å². The van der Waals surface area contributed by atoms with E-state index in [9.17, 15) is 4.79 Å². The number of benzene rings is 1. The van der Waals surface area contributed by atoms with Crippen LogP contribution in [0.25, 0.3) is 22.6 Å². The second-order valence-corrected chi connectivity index (χ2v) is 6.17. The van der Waals surface area contributed by atoms with Gasteiger partial charge in [-0.1, -0.05) is 16.8 Å². The van der Waals surface area contributed by atoms with Gasteiger partial charge in [0, 0.05) is 10.9 Å². The second-order valence-electron chi connectivity index (χ2n) is 6.17. The number of nitrogens with zero attached hydrogens (tertiary/aromatic N) is 2. The lowest BCUT2D eigenvalue weighted by Gasteiger charge is -1.98. The van der Waals surface area contributed by atoms with Crippen LogP contribution in [0.4, 0.5) is 0 Å². The molecule has 0 saturated carbocycles. The van der Waals surface area contributed by atoms with Crippen molar-refractivity contribution in [3.05, 3.63) is 58.9 Å². The number of furan rings is 2. The van der Waals surface area contributed by atoms with E-state index in [1.165, 1.54) is 0 Å². The SMILES string of the molecule is Cc1ccc2oc(-c3noc(C(=O)NCc4ccc(C)o4)n3)c(C)c2c1. The highest BCUT2D eigenvalue weighted by molar-refractivity contribution is 5.90. The highest BCUT2D eigenvalue weighted by Gasteiger charge is 2.21. The molecule has 4 rings (SSSR count). The number of rotatable bonds is 4. The Hall–Kier alpha value is -3.35. The van der Waals surface area contributed by atoms with Crippen LogP contribution in [0.15, 0.2) is 43.7 Å². The van der Waals surface area contributed by atoms with E-state index in [1.54, 1.807) is 6.07 Å². The summed E-state index contributed by atoms with van der Waals surface area (Å²) in [6, 6.07) is 9.55. The summed E-state index contributed by atoms with van der Waals surface area (Å²) < 4.78 is 16.3. The molecule has 1 N–H and O–H groups in total. The third-order valence-electron chi connectivity index (χ3n) is 4.13. The van der Waals surface area contributed by atoms with Crippen molar-refractivity contribution in [1.29, 1.82) is 0 Å². The van der Waals surface area contributed by atoms with Gasteiger partial charge in [-0.15, -0.1) is 0 Å². The molecule has 4 aromatic rings. The number of amides is 1. The smallest absolute Gasteiger partial charge is 0.316 e. The van der Waals surface area contributed by atoms with Gasteiger partial charge in [0.2, 0.25) is 5.82 Å². The first-order valence-corrected chi connectivity index (χ1v) is 8.18. The Morgan fingerprint density at radius 2 is 1.96 bits per heavy atom. The molecule has 0 bridgehead atoms. The number of aryl methyl sites for hydroxylation is 3. The van der Waals surface area contributed by atoms with Gasteiger partial charge in [0.1, 0.15) is 17.1 Å². The minimum absolute atomic E-state index is 0.126. The summed E-state index contributed by atoms with van der Waals surface area (Å²) in [6.45, 7) is 6.03. The third kappa shape index (κ3) is 2.88. The Kier molecular flexibility index (Phi) is 3.84. The Morgan fingerprint density at radius 1 is 1.12 bits per heavy atom. The molecule has 1 aromatic carbocycles. The molecule has 0 unspecified atom stereocenters. The standard InChI is InChI=1S/C19H17N3O4/c1-10-4-7-15-14(8-10)12(3)16(25-15)17-21-19(26-22-17)18(23)20-9-13-6-5-11(2)24-13/h4-8H,9H2,1-3H3,(H,20,23). The van der Waals surface area contributed by atoms with Crippen LogP contribution >= 0.6 is 0 Å². The normalized spacial score (nSPS) is 11.2. The Morgan fingerprint density at radius 3 is 2.73 bits per heavy atom. The summed E-state index contributed by atoms with van der Waals surface area (Å²) in [7, 11) is 0. The number of hydrogen-bond donors (Lipinski definition) is 1. The number of carbonyl (C=O) groups is 1. The molecule has 0 fully saturated rings. The van der Waals surface area contributed by atoms with E-state index in [1.807, 2.05) is 45.0 Å². The molecule has 26 heavy (non-hydrogen) atoms. The lowest BCUT2D eigenvalue weighted by molar-refractivity contribution is 0.0904. The van der Waals surface area contributed by atoms with E-state index in [4.69, 9.17) is 13.4 Å². The van der Waals surface area contributed by atoms with E-state index >= 15 is 0 Å². The van der Waals surface area contributed by atoms with Gasteiger partial charge >= 0.3 is 11.8 Å². The Bertz CT molecular complexity index is 1100. The van der Waals surface area contributed by atoms with Crippen LogP contribution in [0.1, 0.15) is 33.3 Å². The Labute approximate surface area is 149 Å². The first-order valence-electron chi connectivity index (χ1n) is 8.18. The van der Waals surface area contributed by atoms with Crippen LogP contribution < -0.4 is 5.32 Å². The fourth-order valence-electron chi connectivity index (χ4n) is 2.78. The third-order valence-corrected chi connectivity index (χ3v) is 4.13. The molecule has 0 spiro atoms. The van der Waals surface area contributed by atoms with E-state index in [2.05, 4.69) is 15.5 Å². The molecule has 0 aliphatic carbocycles. The summed E-state index contributed by atoms with van der Waals surface area (Å²) in [4.78, 5) is 16.4. The number of hydrogen-bond acceptors (Lipinski definition) is 6. The minimum atomic E-state index is -0.470. The summed E-state index contributed by atoms with van der Waals surface area (Å²) in [5.41, 5.74) is 2.78. The molecular formula is C19H17N3O4. The molecule has 0 saturated heterocycles. The molecule has 1 amide bonds. The molecule has 0 atom stereocenters. The summed E-state index contributed by atoms with van der Waals surface area (Å²) in [5, 5.41) is 7.55. The Balaban J connectivity index is 1.56. The molecule has 7 heteroatoms. The van der Waals surface area contributed by atoms with Crippen LogP contribution in [0, 0.1) is 20.8 Å². The van der Waals surface area contributed by atoms with Crippen LogP contribution in [0.5, 0.6) is 0 Å². The van der Waals surface area contributed by atoms with Gasteiger partial charge in [-0.05, 0) is 45.0 Å². The molecule has 3 aromatic heterocycles. The van der Waals surface area contributed by atoms with E-state index in [0.29, 0.717) is 11.5 Å². The van der Waals surface area contributed by atoms with Gasteiger partial charge in [0.25, 0.3) is 0 Å². The van der Waals surface area contributed by atoms with Crippen molar-refractivity contribution in [1.82, 2.24) is 15.5 Å². The monoisotopic (exact) mass is 351 g/mol. The van der Waals surface area contributed by atoms with E-state index in [-0.39, 0.29) is 18.3 Å². The zero-order valence-electron chi connectivity index (χ0n) is 14.6. The number of aromatic nitrogens is 2. The number of fused-ring (bicyclic) bond motifs is 1. The molecule has 0 radical (unpaired) electrons. The first kappa shape index (κ1) is 16.1. The maximum atomic E-state index is 12.2. The van der Waals surface area contributed by atoms with Gasteiger partial charge in [-0.25, -0.2) is 0 Å². The van der Waals surface area contributed by atoms with Crippen LogP contribution in [-0.4, -0.2) is 16.0 Å². The summed E-state index contributed by atoms with van der Waals surface area (Å²) in [5.74, 6) is 1.58. The fourth-order valence-corrected chi connectivity index (χ4v) is 2.78. The van der Waals surface area contributed by atoms with Crippen LogP contribution in [0.3, 0.4) is 0 Å². The van der Waals surface area contributed by atoms with Gasteiger partial charge in [0.05, 0.1) is 6.54 Å². The lowest BCUT2D eigenvalue weighted by atomic mass is 10.1. The van der Waals surface area contributed by atoms with Gasteiger partial charge in [-0.3, -0.25) is 4.79 Å². The van der Waals surface area contributed by atoms with Crippen LogP contribution in [0.2, 0.25) is 0 Å². The molecule has 0 aliphatic rings. The first-order chi connectivity index (χ1) is 12.5. The van der Waals surface area contributed by atoms with Gasteiger partial charge in [-0.2, -0.15) is 4.98 Å². The predicted molar refractivity (Wildman–Crippen MR) is 93.6 cm³/mol. The zero-order chi connectivity index (χ0) is 18.3. The van der Waals surface area contributed by atoms with E-state index in [0.717, 1.165) is 27.9 Å². The van der Waals surface area contributed by atoms with Gasteiger partial charge < -0.3 is 18.7 Å². The fraction of sp³-hybridized carbons (Fsp3) is 0.211. The quantitative estimate of drug-likeness (QED) is 0.598. The predicted octanol–water partition coefficient (Wildman–Crippen LogP) is 3.93. The highest BCUT2D eigenvalue weighted by Crippen LogP contribution is 2.31. The average molecular weight is 351 g/mol. The van der Waals surface area contributed by atoms with Crippen LogP contribution in [-0.2, 0) is 6.54 Å². The van der Waals surface area contributed by atoms with Crippen molar-refractivity contribution in [3.63, 3.8) is 0 Å². The average Bonchev–Trinajstić information content (AvgIpc) is 3.33. The maximum absolute atomic E-state index is 12.2. The second kappa shape index (κ2) is 6.18. The molecular weight excluding hydrogens is 334 g/mol. The highest BCUT2D eigenvalue weighted by atomic mass is 16.5. The molecule has 7 nitrogen and oxygen atoms in total. The van der Waals surface area contributed by atoms with Crippen molar-refractivity contribution in [2.24, 2.45) is 0 Å². The van der Waals surface area contributed by atoms with Gasteiger partial charge in [0.15, 0.2) is 5.76 Å². The van der Waals surface area contributed by atoms with E-state index < -0.39 is 5.91 Å². The van der Waals surface area contributed by atoms with Crippen molar-refractivity contribution in [3.8, 4) is 11.6 Å². The molecule has 3 heterocycles.